The summed E-state index contributed by atoms with van der Waals surface area (Å²) in [6.45, 7) is 8.11. The monoisotopic (exact) mass is 262 g/mol. The second kappa shape index (κ2) is 9.18. The SMILES string of the molecule is C=C=C(CC1CCC/C1=C/CCCC)C(O)CCC. The zero-order chi connectivity index (χ0) is 14.1. The van der Waals surface area contributed by atoms with Gasteiger partial charge in [-0.2, -0.15) is 0 Å². The first-order chi connectivity index (χ1) is 9.22. The van der Waals surface area contributed by atoms with Crippen LogP contribution in [0.25, 0.3) is 0 Å². The number of hydrogen-bond donors (Lipinski definition) is 1. The summed E-state index contributed by atoms with van der Waals surface area (Å²) in [5.74, 6) is 0.632. The smallest absolute Gasteiger partial charge is 0.0823 e. The molecule has 0 saturated heterocycles. The van der Waals surface area contributed by atoms with Gasteiger partial charge in [-0.15, -0.1) is 5.73 Å². The number of rotatable bonds is 8. The summed E-state index contributed by atoms with van der Waals surface area (Å²) in [6, 6.07) is 0. The maximum atomic E-state index is 10.1. The largest absolute Gasteiger partial charge is 0.388 e. The Balaban J connectivity index is 2.58. The predicted molar refractivity (Wildman–Crippen MR) is 83.1 cm³/mol. The first-order valence-electron chi connectivity index (χ1n) is 7.98. The molecule has 19 heavy (non-hydrogen) atoms. The molecule has 1 N–H and O–H groups in total. The van der Waals surface area contributed by atoms with Gasteiger partial charge in [-0.05, 0) is 44.4 Å². The molecule has 1 heteroatoms. The average Bonchev–Trinajstić information content (AvgIpc) is 2.84. The molecule has 0 radical (unpaired) electrons. The van der Waals surface area contributed by atoms with E-state index < -0.39 is 0 Å². The highest BCUT2D eigenvalue weighted by molar-refractivity contribution is 5.17. The lowest BCUT2D eigenvalue weighted by Crippen LogP contribution is -2.12. The Hall–Kier alpha value is -0.780. The van der Waals surface area contributed by atoms with Crippen LogP contribution < -0.4 is 0 Å². The van der Waals surface area contributed by atoms with Gasteiger partial charge in [0.15, 0.2) is 0 Å². The van der Waals surface area contributed by atoms with Crippen molar-refractivity contribution in [1.29, 1.82) is 0 Å². The van der Waals surface area contributed by atoms with E-state index in [2.05, 4.69) is 32.2 Å². The molecule has 2 unspecified atom stereocenters. The number of allylic oxidation sites excluding steroid dienone is 2. The van der Waals surface area contributed by atoms with E-state index in [0.29, 0.717) is 5.92 Å². The summed E-state index contributed by atoms with van der Waals surface area (Å²) in [5, 5.41) is 10.1. The molecule has 1 aliphatic carbocycles. The minimum Gasteiger partial charge on any atom is -0.388 e. The van der Waals surface area contributed by atoms with Gasteiger partial charge in [0.1, 0.15) is 0 Å². The zero-order valence-corrected chi connectivity index (χ0v) is 12.8. The maximum Gasteiger partial charge on any atom is 0.0823 e. The van der Waals surface area contributed by atoms with Crippen molar-refractivity contribution in [3.05, 3.63) is 29.5 Å². The van der Waals surface area contributed by atoms with Gasteiger partial charge in [0.05, 0.1) is 6.10 Å². The van der Waals surface area contributed by atoms with E-state index in [1.54, 1.807) is 5.57 Å². The lowest BCUT2D eigenvalue weighted by atomic mass is 9.90. The Morgan fingerprint density at radius 2 is 2.26 bits per heavy atom. The molecular formula is C18H30O. The van der Waals surface area contributed by atoms with E-state index in [9.17, 15) is 5.11 Å². The molecule has 0 aromatic heterocycles. The highest BCUT2D eigenvalue weighted by Gasteiger charge is 2.23. The molecule has 0 aromatic carbocycles. The van der Waals surface area contributed by atoms with E-state index in [-0.39, 0.29) is 6.10 Å². The molecule has 0 bridgehead atoms. The van der Waals surface area contributed by atoms with Crippen molar-refractivity contribution in [3.8, 4) is 0 Å². The van der Waals surface area contributed by atoms with Crippen LogP contribution in [0.5, 0.6) is 0 Å². The summed E-state index contributed by atoms with van der Waals surface area (Å²) in [4.78, 5) is 0. The van der Waals surface area contributed by atoms with E-state index in [4.69, 9.17) is 0 Å². The lowest BCUT2D eigenvalue weighted by Gasteiger charge is -2.17. The average molecular weight is 262 g/mol. The first kappa shape index (κ1) is 16.3. The van der Waals surface area contributed by atoms with Crippen LogP contribution in [0.3, 0.4) is 0 Å². The molecule has 108 valence electrons. The molecule has 1 fully saturated rings. The van der Waals surface area contributed by atoms with Crippen molar-refractivity contribution in [1.82, 2.24) is 0 Å². The quantitative estimate of drug-likeness (QED) is 0.364. The molecule has 0 amide bonds. The van der Waals surface area contributed by atoms with Gasteiger partial charge in [0.2, 0.25) is 0 Å². The number of aliphatic hydroxyl groups excluding tert-OH is 1. The van der Waals surface area contributed by atoms with E-state index in [1.165, 1.54) is 38.5 Å². The number of hydrogen-bond acceptors (Lipinski definition) is 1. The lowest BCUT2D eigenvalue weighted by molar-refractivity contribution is 0.193. The van der Waals surface area contributed by atoms with Crippen LogP contribution >= 0.6 is 0 Å². The Labute approximate surface area is 119 Å². The van der Waals surface area contributed by atoms with Gasteiger partial charge in [-0.3, -0.25) is 0 Å². The fourth-order valence-corrected chi connectivity index (χ4v) is 2.97. The fourth-order valence-electron chi connectivity index (χ4n) is 2.97. The van der Waals surface area contributed by atoms with Crippen LogP contribution in [0.1, 0.15) is 71.6 Å². The third kappa shape index (κ3) is 5.38. The van der Waals surface area contributed by atoms with Crippen molar-refractivity contribution in [2.24, 2.45) is 5.92 Å². The Kier molecular flexibility index (Phi) is 7.86. The van der Waals surface area contributed by atoms with Crippen LogP contribution in [0.15, 0.2) is 29.5 Å². The van der Waals surface area contributed by atoms with Gasteiger partial charge >= 0.3 is 0 Å². The Bertz CT molecular complexity index is 334. The van der Waals surface area contributed by atoms with E-state index >= 15 is 0 Å². The third-order valence-electron chi connectivity index (χ3n) is 4.16. The van der Waals surface area contributed by atoms with E-state index in [1.807, 2.05) is 0 Å². The molecule has 0 spiro atoms. The van der Waals surface area contributed by atoms with Crippen molar-refractivity contribution < 1.29 is 5.11 Å². The van der Waals surface area contributed by atoms with Crippen molar-refractivity contribution in [2.45, 2.75) is 77.7 Å². The highest BCUT2D eigenvalue weighted by Crippen LogP contribution is 2.36. The maximum absolute atomic E-state index is 10.1. The van der Waals surface area contributed by atoms with Crippen molar-refractivity contribution in [2.75, 3.05) is 0 Å². The van der Waals surface area contributed by atoms with Crippen molar-refractivity contribution in [3.63, 3.8) is 0 Å². The van der Waals surface area contributed by atoms with Crippen LogP contribution in [0.4, 0.5) is 0 Å². The van der Waals surface area contributed by atoms with Gasteiger partial charge in [0.25, 0.3) is 0 Å². The summed E-state index contributed by atoms with van der Waals surface area (Å²) in [6.07, 6.45) is 12.5. The number of aliphatic hydroxyl groups is 1. The Morgan fingerprint density at radius 3 is 2.89 bits per heavy atom. The standard InChI is InChI=1S/C18H30O/c1-4-7-8-11-16-12-9-13-17(16)14-15(6-3)18(19)10-5-2/h11,17-19H,3-5,7-10,12-14H2,1-2H3/b16-11-. The summed E-state index contributed by atoms with van der Waals surface area (Å²) in [5.41, 5.74) is 5.63. The minimum atomic E-state index is -0.333. The van der Waals surface area contributed by atoms with Gasteiger partial charge in [-0.1, -0.05) is 51.3 Å². The normalized spacial score (nSPS) is 22.5. The molecule has 1 rings (SSSR count). The summed E-state index contributed by atoms with van der Waals surface area (Å²) < 4.78 is 0. The number of unbranched alkanes of at least 4 members (excludes halogenated alkanes) is 2. The molecule has 1 saturated carbocycles. The van der Waals surface area contributed by atoms with Gasteiger partial charge in [0, 0.05) is 5.57 Å². The second-order valence-electron chi connectivity index (χ2n) is 5.72. The molecule has 1 nitrogen and oxygen atoms in total. The fraction of sp³-hybridized carbons (Fsp3) is 0.722. The van der Waals surface area contributed by atoms with E-state index in [0.717, 1.165) is 24.8 Å². The molecule has 2 atom stereocenters. The summed E-state index contributed by atoms with van der Waals surface area (Å²) in [7, 11) is 0. The molecule has 1 aliphatic rings. The summed E-state index contributed by atoms with van der Waals surface area (Å²) >= 11 is 0. The first-order valence-corrected chi connectivity index (χ1v) is 7.98. The van der Waals surface area contributed by atoms with Crippen LogP contribution in [0, 0.1) is 5.92 Å². The molecule has 0 heterocycles. The Morgan fingerprint density at radius 1 is 1.47 bits per heavy atom. The molecule has 0 aromatic rings. The van der Waals surface area contributed by atoms with Gasteiger partial charge < -0.3 is 5.11 Å². The van der Waals surface area contributed by atoms with Crippen LogP contribution in [-0.2, 0) is 0 Å². The van der Waals surface area contributed by atoms with Crippen LogP contribution in [0.2, 0.25) is 0 Å². The minimum absolute atomic E-state index is 0.333. The predicted octanol–water partition coefficient (Wildman–Crippen LogP) is 5.17. The zero-order valence-electron chi connectivity index (χ0n) is 12.8. The molecular weight excluding hydrogens is 232 g/mol. The topological polar surface area (TPSA) is 20.2 Å². The molecule has 0 aliphatic heterocycles. The third-order valence-corrected chi connectivity index (χ3v) is 4.16. The second-order valence-corrected chi connectivity index (χ2v) is 5.72. The van der Waals surface area contributed by atoms with Crippen molar-refractivity contribution >= 4 is 0 Å². The van der Waals surface area contributed by atoms with Gasteiger partial charge in [-0.25, -0.2) is 0 Å². The van der Waals surface area contributed by atoms with Crippen LogP contribution in [-0.4, -0.2) is 11.2 Å². The highest BCUT2D eigenvalue weighted by atomic mass is 16.3.